The fourth-order valence-corrected chi connectivity index (χ4v) is 3.98. The summed E-state index contributed by atoms with van der Waals surface area (Å²) in [7, 11) is 1.92. The van der Waals surface area contributed by atoms with E-state index in [9.17, 15) is 9.18 Å². The molecule has 2 fully saturated rings. The van der Waals surface area contributed by atoms with E-state index in [1.165, 1.54) is 11.6 Å². The van der Waals surface area contributed by atoms with Gasteiger partial charge in [-0.15, -0.1) is 0 Å². The number of benzene rings is 1. The van der Waals surface area contributed by atoms with Crippen molar-refractivity contribution in [2.75, 3.05) is 19.7 Å². The predicted octanol–water partition coefficient (Wildman–Crippen LogP) is 2.74. The molecule has 2 aliphatic rings. The number of halogens is 1. The SMILES string of the molecule is Cn1cc(C2COC3(CCN(C(=O)c4ccccc4F)CC3)C2)cn1. The Morgan fingerprint density at radius 2 is 2.08 bits per heavy atom. The van der Waals surface area contributed by atoms with Gasteiger partial charge < -0.3 is 9.64 Å². The highest BCUT2D eigenvalue weighted by Crippen LogP contribution is 2.42. The summed E-state index contributed by atoms with van der Waals surface area (Å²) in [6.45, 7) is 1.91. The maximum Gasteiger partial charge on any atom is 0.256 e. The van der Waals surface area contributed by atoms with Crippen molar-refractivity contribution < 1.29 is 13.9 Å². The number of rotatable bonds is 2. The molecule has 6 heteroatoms. The number of amides is 1. The van der Waals surface area contributed by atoms with Gasteiger partial charge in [-0.2, -0.15) is 5.10 Å². The molecule has 2 aromatic rings. The third-order valence-electron chi connectivity index (χ3n) is 5.47. The van der Waals surface area contributed by atoms with E-state index in [2.05, 4.69) is 5.10 Å². The lowest BCUT2D eigenvalue weighted by molar-refractivity contribution is -0.0389. The number of aromatic nitrogens is 2. The van der Waals surface area contributed by atoms with Gasteiger partial charge in [0.1, 0.15) is 5.82 Å². The van der Waals surface area contributed by atoms with Crippen LogP contribution < -0.4 is 0 Å². The quantitative estimate of drug-likeness (QED) is 0.842. The van der Waals surface area contributed by atoms with Crippen molar-refractivity contribution in [3.05, 3.63) is 53.6 Å². The van der Waals surface area contributed by atoms with E-state index in [0.717, 1.165) is 19.3 Å². The molecular formula is C19H22FN3O2. The summed E-state index contributed by atoms with van der Waals surface area (Å²) in [6, 6.07) is 6.17. The molecule has 1 aromatic carbocycles. The van der Waals surface area contributed by atoms with Crippen molar-refractivity contribution in [3.63, 3.8) is 0 Å². The Labute approximate surface area is 146 Å². The van der Waals surface area contributed by atoms with Crippen LogP contribution in [0.15, 0.2) is 36.7 Å². The summed E-state index contributed by atoms with van der Waals surface area (Å²) in [6.07, 6.45) is 6.50. The largest absolute Gasteiger partial charge is 0.374 e. The number of carbonyl (C=O) groups excluding carboxylic acids is 1. The highest BCUT2D eigenvalue weighted by Gasteiger charge is 2.44. The van der Waals surface area contributed by atoms with Crippen molar-refractivity contribution in [3.8, 4) is 0 Å². The Morgan fingerprint density at radius 3 is 2.76 bits per heavy atom. The Balaban J connectivity index is 1.40. The summed E-state index contributed by atoms with van der Waals surface area (Å²) in [5, 5.41) is 4.24. The summed E-state index contributed by atoms with van der Waals surface area (Å²) >= 11 is 0. The fraction of sp³-hybridized carbons (Fsp3) is 0.474. The van der Waals surface area contributed by atoms with E-state index in [1.807, 2.05) is 24.1 Å². The van der Waals surface area contributed by atoms with Gasteiger partial charge in [0.05, 0.1) is 24.0 Å². The molecule has 1 spiro atoms. The van der Waals surface area contributed by atoms with E-state index in [0.29, 0.717) is 25.6 Å². The molecule has 0 N–H and O–H groups in total. The Kier molecular flexibility index (Phi) is 4.07. The zero-order valence-corrected chi connectivity index (χ0v) is 14.3. The number of piperidine rings is 1. The van der Waals surface area contributed by atoms with Crippen molar-refractivity contribution in [2.45, 2.75) is 30.8 Å². The second-order valence-corrected chi connectivity index (χ2v) is 7.11. The van der Waals surface area contributed by atoms with Crippen LogP contribution in [0.4, 0.5) is 4.39 Å². The van der Waals surface area contributed by atoms with E-state index in [-0.39, 0.29) is 17.1 Å². The third-order valence-corrected chi connectivity index (χ3v) is 5.47. The van der Waals surface area contributed by atoms with Gasteiger partial charge in [0.15, 0.2) is 0 Å². The van der Waals surface area contributed by atoms with Crippen molar-refractivity contribution in [2.24, 2.45) is 7.05 Å². The van der Waals surface area contributed by atoms with Crippen LogP contribution in [0, 0.1) is 5.82 Å². The number of nitrogens with zero attached hydrogens (tertiary/aromatic N) is 3. The van der Waals surface area contributed by atoms with Crippen molar-refractivity contribution in [1.82, 2.24) is 14.7 Å². The van der Waals surface area contributed by atoms with E-state index in [4.69, 9.17) is 4.74 Å². The first-order valence-corrected chi connectivity index (χ1v) is 8.73. The first-order valence-electron chi connectivity index (χ1n) is 8.73. The summed E-state index contributed by atoms with van der Waals surface area (Å²) < 4.78 is 21.8. The molecule has 1 atom stereocenters. The monoisotopic (exact) mass is 343 g/mol. The molecule has 0 bridgehead atoms. The number of hydrogen-bond acceptors (Lipinski definition) is 3. The standard InChI is InChI=1S/C19H22FN3O2/c1-22-12-15(11-21-22)14-10-19(25-13-14)6-8-23(9-7-19)18(24)16-4-2-3-5-17(16)20/h2-5,11-12,14H,6-10,13H2,1H3. The molecule has 25 heavy (non-hydrogen) atoms. The van der Waals surface area contributed by atoms with Gasteiger partial charge in [-0.25, -0.2) is 4.39 Å². The number of likely N-dealkylation sites (tertiary alicyclic amines) is 1. The summed E-state index contributed by atoms with van der Waals surface area (Å²) in [5.41, 5.74) is 1.20. The minimum Gasteiger partial charge on any atom is -0.374 e. The van der Waals surface area contributed by atoms with Gasteiger partial charge in [-0.05, 0) is 37.0 Å². The lowest BCUT2D eigenvalue weighted by atomic mass is 9.83. The number of aryl methyl sites for hydroxylation is 1. The number of hydrogen-bond donors (Lipinski definition) is 0. The maximum absolute atomic E-state index is 13.9. The molecule has 0 aliphatic carbocycles. The maximum atomic E-state index is 13.9. The highest BCUT2D eigenvalue weighted by molar-refractivity contribution is 5.94. The molecule has 1 amide bonds. The molecule has 4 rings (SSSR count). The molecule has 0 saturated carbocycles. The molecule has 1 unspecified atom stereocenters. The Hall–Kier alpha value is -2.21. The lowest BCUT2D eigenvalue weighted by Gasteiger charge is -2.38. The predicted molar refractivity (Wildman–Crippen MR) is 90.8 cm³/mol. The average Bonchev–Trinajstić information content (AvgIpc) is 3.22. The highest BCUT2D eigenvalue weighted by atomic mass is 19.1. The van der Waals surface area contributed by atoms with Crippen LogP contribution in [-0.2, 0) is 11.8 Å². The van der Waals surface area contributed by atoms with Crippen LogP contribution in [0.3, 0.4) is 0 Å². The molecule has 2 saturated heterocycles. The molecule has 5 nitrogen and oxygen atoms in total. The lowest BCUT2D eigenvalue weighted by Crippen LogP contribution is -2.46. The van der Waals surface area contributed by atoms with Crippen molar-refractivity contribution >= 4 is 5.91 Å². The minimum atomic E-state index is -0.457. The Morgan fingerprint density at radius 1 is 1.32 bits per heavy atom. The van der Waals surface area contributed by atoms with E-state index in [1.54, 1.807) is 23.1 Å². The zero-order valence-electron chi connectivity index (χ0n) is 14.3. The van der Waals surface area contributed by atoms with Gasteiger partial charge in [0.2, 0.25) is 0 Å². The average molecular weight is 343 g/mol. The topological polar surface area (TPSA) is 47.4 Å². The summed E-state index contributed by atoms with van der Waals surface area (Å²) in [5.74, 6) is -0.321. The van der Waals surface area contributed by atoms with Crippen LogP contribution in [0.25, 0.3) is 0 Å². The van der Waals surface area contributed by atoms with Gasteiger partial charge in [-0.1, -0.05) is 12.1 Å². The third kappa shape index (κ3) is 3.06. The first kappa shape index (κ1) is 16.3. The van der Waals surface area contributed by atoms with Gasteiger partial charge in [0.25, 0.3) is 5.91 Å². The summed E-state index contributed by atoms with van der Waals surface area (Å²) in [4.78, 5) is 14.3. The van der Waals surface area contributed by atoms with Crippen LogP contribution in [-0.4, -0.2) is 45.9 Å². The number of ether oxygens (including phenoxy) is 1. The second kappa shape index (κ2) is 6.26. The van der Waals surface area contributed by atoms with E-state index < -0.39 is 5.82 Å². The molecule has 0 radical (unpaired) electrons. The van der Waals surface area contributed by atoms with Gasteiger partial charge in [0, 0.05) is 32.3 Å². The molecule has 1 aromatic heterocycles. The molecular weight excluding hydrogens is 321 g/mol. The van der Waals surface area contributed by atoms with E-state index >= 15 is 0 Å². The van der Waals surface area contributed by atoms with Gasteiger partial charge >= 0.3 is 0 Å². The smallest absolute Gasteiger partial charge is 0.256 e. The van der Waals surface area contributed by atoms with Gasteiger partial charge in [-0.3, -0.25) is 9.48 Å². The fourth-order valence-electron chi connectivity index (χ4n) is 3.98. The number of carbonyl (C=O) groups is 1. The van der Waals surface area contributed by atoms with Crippen LogP contribution in [0.1, 0.15) is 41.1 Å². The van der Waals surface area contributed by atoms with Crippen LogP contribution in [0.2, 0.25) is 0 Å². The normalized spacial score (nSPS) is 22.5. The van der Waals surface area contributed by atoms with Crippen LogP contribution in [0.5, 0.6) is 0 Å². The zero-order chi connectivity index (χ0) is 17.4. The molecule has 132 valence electrons. The second-order valence-electron chi connectivity index (χ2n) is 7.11. The first-order chi connectivity index (χ1) is 12.1. The van der Waals surface area contributed by atoms with Crippen molar-refractivity contribution in [1.29, 1.82) is 0 Å². The molecule has 2 aliphatic heterocycles. The minimum absolute atomic E-state index is 0.152. The molecule has 3 heterocycles. The van der Waals surface area contributed by atoms with Crippen LogP contribution >= 0.6 is 0 Å². The Bertz CT molecular complexity index is 780.